The number of benzene rings is 1. The molecule has 212 valence electrons. The number of aryl methyl sites for hydroxylation is 1. The van der Waals surface area contributed by atoms with E-state index in [9.17, 15) is 4.79 Å². The van der Waals surface area contributed by atoms with Gasteiger partial charge in [0.25, 0.3) is 0 Å². The maximum Gasteiger partial charge on any atom is 0.227 e. The van der Waals surface area contributed by atoms with Crippen molar-refractivity contribution in [2.75, 3.05) is 50.9 Å². The molecule has 1 aliphatic rings. The van der Waals surface area contributed by atoms with E-state index >= 15 is 0 Å². The molecule has 3 aromatic heterocycles. The maximum atomic E-state index is 12.8. The van der Waals surface area contributed by atoms with Gasteiger partial charge in [-0.05, 0) is 88.9 Å². The Balaban J connectivity index is 1.14. The number of aromatic nitrogens is 5. The number of likely N-dealkylation sites (N-methyl/N-ethyl adjacent to an activating group) is 1. The van der Waals surface area contributed by atoms with E-state index < -0.39 is 0 Å². The van der Waals surface area contributed by atoms with E-state index in [-0.39, 0.29) is 11.8 Å². The summed E-state index contributed by atoms with van der Waals surface area (Å²) in [6.07, 6.45) is 5.80. The third-order valence-corrected chi connectivity index (χ3v) is 7.14. The molecule has 10 heteroatoms. The molecule has 1 aliphatic heterocycles. The summed E-state index contributed by atoms with van der Waals surface area (Å²) in [7, 11) is 4.18. The Hall–Kier alpha value is -4.28. The van der Waals surface area contributed by atoms with E-state index in [1.54, 1.807) is 18.5 Å². The number of likely N-dealkylation sites (tertiary alicyclic amines) is 1. The van der Waals surface area contributed by atoms with Gasteiger partial charge in [-0.25, -0.2) is 24.9 Å². The Labute approximate surface area is 241 Å². The Morgan fingerprint density at radius 2 is 1.66 bits per heavy atom. The van der Waals surface area contributed by atoms with E-state index in [1.165, 1.54) is 0 Å². The van der Waals surface area contributed by atoms with Gasteiger partial charge in [0.1, 0.15) is 23.2 Å². The summed E-state index contributed by atoms with van der Waals surface area (Å²) in [6, 6.07) is 17.3. The third-order valence-electron chi connectivity index (χ3n) is 7.14. The van der Waals surface area contributed by atoms with Crippen LogP contribution in [0.15, 0.2) is 67.0 Å². The van der Waals surface area contributed by atoms with Gasteiger partial charge in [-0.2, -0.15) is 0 Å². The number of piperidine rings is 1. The molecule has 1 saturated heterocycles. The van der Waals surface area contributed by atoms with Crippen LogP contribution in [0.3, 0.4) is 0 Å². The highest BCUT2D eigenvalue weighted by atomic mass is 16.1. The Morgan fingerprint density at radius 1 is 0.927 bits per heavy atom. The first-order chi connectivity index (χ1) is 19.9. The predicted molar refractivity (Wildman–Crippen MR) is 161 cm³/mol. The van der Waals surface area contributed by atoms with Gasteiger partial charge in [0, 0.05) is 49.2 Å². The lowest BCUT2D eigenvalue weighted by Gasteiger charge is -2.31. The van der Waals surface area contributed by atoms with Crippen LogP contribution in [-0.4, -0.2) is 80.9 Å². The number of pyridine rings is 1. The maximum absolute atomic E-state index is 12.8. The first kappa shape index (κ1) is 28.3. The second-order valence-electron chi connectivity index (χ2n) is 10.7. The molecule has 2 N–H and O–H groups in total. The van der Waals surface area contributed by atoms with Crippen LogP contribution in [-0.2, 0) is 11.2 Å². The molecule has 0 unspecified atom stereocenters. The smallest absolute Gasteiger partial charge is 0.227 e. The van der Waals surface area contributed by atoms with Crippen molar-refractivity contribution in [3.8, 4) is 11.5 Å². The number of carbonyl (C=O) groups is 1. The van der Waals surface area contributed by atoms with Crippen LogP contribution in [0.25, 0.3) is 11.5 Å². The van der Waals surface area contributed by atoms with Gasteiger partial charge in [0.05, 0.1) is 0 Å². The highest BCUT2D eigenvalue weighted by Crippen LogP contribution is 2.21. The normalized spacial score (nSPS) is 14.2. The van der Waals surface area contributed by atoms with Gasteiger partial charge in [-0.3, -0.25) is 4.79 Å². The number of nitrogens with zero attached hydrogens (tertiary/aromatic N) is 7. The summed E-state index contributed by atoms with van der Waals surface area (Å²) < 4.78 is 0. The average molecular weight is 552 g/mol. The Morgan fingerprint density at radius 3 is 2.39 bits per heavy atom. The summed E-state index contributed by atoms with van der Waals surface area (Å²) in [6.45, 7) is 5.99. The zero-order valence-electron chi connectivity index (χ0n) is 23.9. The van der Waals surface area contributed by atoms with Gasteiger partial charge >= 0.3 is 0 Å². The van der Waals surface area contributed by atoms with E-state index in [4.69, 9.17) is 0 Å². The fraction of sp³-hybridized carbons (Fsp3) is 0.355. The van der Waals surface area contributed by atoms with Crippen LogP contribution in [0, 0.1) is 12.8 Å². The molecular formula is C31H37N9O. The molecule has 4 heterocycles. The number of rotatable bonds is 10. The monoisotopic (exact) mass is 551 g/mol. The zero-order valence-corrected chi connectivity index (χ0v) is 23.9. The predicted octanol–water partition coefficient (Wildman–Crippen LogP) is 4.18. The van der Waals surface area contributed by atoms with Crippen molar-refractivity contribution in [2.24, 2.45) is 5.92 Å². The second kappa shape index (κ2) is 13.4. The zero-order chi connectivity index (χ0) is 28.6. The molecule has 4 aromatic rings. The number of hydrogen-bond donors (Lipinski definition) is 2. The molecule has 0 spiro atoms. The molecule has 1 fully saturated rings. The van der Waals surface area contributed by atoms with Crippen LogP contribution >= 0.6 is 0 Å². The van der Waals surface area contributed by atoms with E-state index in [0.29, 0.717) is 29.7 Å². The van der Waals surface area contributed by atoms with Crippen LogP contribution in [0.1, 0.15) is 29.9 Å². The van der Waals surface area contributed by atoms with Gasteiger partial charge in [0.2, 0.25) is 5.91 Å². The average Bonchev–Trinajstić information content (AvgIpc) is 2.98. The number of anilines is 3. The summed E-state index contributed by atoms with van der Waals surface area (Å²) in [4.78, 5) is 40.0. The van der Waals surface area contributed by atoms with Crippen molar-refractivity contribution in [1.29, 1.82) is 0 Å². The number of nitrogens with one attached hydrogen (secondary N) is 2. The third kappa shape index (κ3) is 8.12. The minimum absolute atomic E-state index is 0.0629. The highest BCUT2D eigenvalue weighted by molar-refractivity contribution is 5.92. The number of amides is 1. The highest BCUT2D eigenvalue weighted by Gasteiger charge is 2.24. The van der Waals surface area contributed by atoms with Gasteiger partial charge in [-0.1, -0.05) is 18.2 Å². The molecule has 0 radical (unpaired) electrons. The SMILES string of the molecule is Cc1cccc(-c2nccc(Nc3ccnc(Cc4ccc(NC(=O)C5CCN(CCN(C)C)CC5)cc4)n3)n2)n1. The minimum atomic E-state index is 0.0629. The molecule has 10 nitrogen and oxygen atoms in total. The fourth-order valence-electron chi connectivity index (χ4n) is 4.80. The van der Waals surface area contributed by atoms with Crippen molar-refractivity contribution >= 4 is 23.2 Å². The lowest BCUT2D eigenvalue weighted by molar-refractivity contribution is -0.121. The van der Waals surface area contributed by atoms with Crippen LogP contribution in [0.4, 0.5) is 17.3 Å². The Bertz CT molecular complexity index is 1450. The molecule has 41 heavy (non-hydrogen) atoms. The van der Waals surface area contributed by atoms with Crippen molar-refractivity contribution in [3.05, 3.63) is 84.1 Å². The lowest BCUT2D eigenvalue weighted by Crippen LogP contribution is -2.40. The van der Waals surface area contributed by atoms with Crippen molar-refractivity contribution in [1.82, 2.24) is 34.7 Å². The lowest BCUT2D eigenvalue weighted by atomic mass is 9.95. The molecule has 0 bridgehead atoms. The summed E-state index contributed by atoms with van der Waals surface area (Å²) in [5.41, 5.74) is 3.50. The molecule has 0 atom stereocenters. The minimum Gasteiger partial charge on any atom is -0.326 e. The standard InChI is InChI=1S/C31H37N9O/c1-22-5-4-6-26(34-22)30-33-16-12-28(38-30)36-27-11-15-32-29(37-27)21-23-7-9-25(10-8-23)35-31(41)24-13-17-40(18-14-24)20-19-39(2)3/h4-12,15-16,24H,13-14,17-21H2,1-3H3,(H,35,41)(H,32,33,36,37,38). The summed E-state index contributed by atoms with van der Waals surface area (Å²) in [5.74, 6) is 2.68. The van der Waals surface area contributed by atoms with Gasteiger partial charge in [0.15, 0.2) is 5.82 Å². The van der Waals surface area contributed by atoms with Gasteiger partial charge in [-0.15, -0.1) is 0 Å². The molecule has 1 amide bonds. The van der Waals surface area contributed by atoms with E-state index in [2.05, 4.69) is 59.4 Å². The van der Waals surface area contributed by atoms with Gasteiger partial charge < -0.3 is 20.4 Å². The number of carbonyl (C=O) groups excluding carboxylic acids is 1. The summed E-state index contributed by atoms with van der Waals surface area (Å²) >= 11 is 0. The molecular weight excluding hydrogens is 514 g/mol. The molecule has 0 saturated carbocycles. The summed E-state index contributed by atoms with van der Waals surface area (Å²) in [5, 5.41) is 6.35. The van der Waals surface area contributed by atoms with E-state index in [0.717, 1.165) is 61.7 Å². The van der Waals surface area contributed by atoms with Crippen molar-refractivity contribution in [3.63, 3.8) is 0 Å². The van der Waals surface area contributed by atoms with Crippen molar-refractivity contribution < 1.29 is 4.79 Å². The molecule has 1 aromatic carbocycles. The van der Waals surface area contributed by atoms with Crippen LogP contribution in [0.2, 0.25) is 0 Å². The van der Waals surface area contributed by atoms with Crippen LogP contribution in [0.5, 0.6) is 0 Å². The second-order valence-corrected chi connectivity index (χ2v) is 10.7. The topological polar surface area (TPSA) is 112 Å². The quantitative estimate of drug-likeness (QED) is 0.300. The first-order valence-electron chi connectivity index (χ1n) is 14.0. The van der Waals surface area contributed by atoms with Crippen LogP contribution < -0.4 is 10.6 Å². The molecule has 0 aliphatic carbocycles. The number of hydrogen-bond acceptors (Lipinski definition) is 9. The fourth-order valence-corrected chi connectivity index (χ4v) is 4.80. The van der Waals surface area contributed by atoms with Crippen molar-refractivity contribution in [2.45, 2.75) is 26.2 Å². The van der Waals surface area contributed by atoms with E-state index in [1.807, 2.05) is 55.5 Å². The largest absolute Gasteiger partial charge is 0.326 e. The first-order valence-corrected chi connectivity index (χ1v) is 14.0. The Kier molecular flexibility index (Phi) is 9.22. The molecule has 5 rings (SSSR count).